The zero-order valence-corrected chi connectivity index (χ0v) is 25.0. The van der Waals surface area contributed by atoms with Gasteiger partial charge in [-0.25, -0.2) is 17.8 Å². The number of aromatic nitrogens is 1. The number of anilines is 3. The Kier molecular flexibility index (Phi) is 9.04. The molecule has 1 aliphatic rings. The third-order valence-electron chi connectivity index (χ3n) is 7.14. The molecule has 42 heavy (non-hydrogen) atoms. The van der Waals surface area contributed by atoms with E-state index < -0.39 is 15.8 Å². The Morgan fingerprint density at radius 3 is 2.50 bits per heavy atom. The van der Waals surface area contributed by atoms with Crippen molar-refractivity contribution in [2.75, 3.05) is 74.9 Å². The Labute approximate surface area is 248 Å². The maximum atomic E-state index is 14.9. The monoisotopic (exact) mass is 612 g/mol. The fourth-order valence-electron chi connectivity index (χ4n) is 4.99. The van der Waals surface area contributed by atoms with E-state index in [-0.39, 0.29) is 29.6 Å². The van der Waals surface area contributed by atoms with Gasteiger partial charge in [0.05, 0.1) is 29.4 Å². The minimum atomic E-state index is -4.14. The maximum Gasteiger partial charge on any atom is 0.262 e. The molecule has 1 aromatic heterocycles. The summed E-state index contributed by atoms with van der Waals surface area (Å²) in [6.07, 6.45) is 0. The first-order valence-electron chi connectivity index (χ1n) is 13.5. The molecule has 4 aromatic rings. The summed E-state index contributed by atoms with van der Waals surface area (Å²) >= 11 is 1.23. The molecule has 13 heteroatoms. The quantitative estimate of drug-likeness (QED) is 0.249. The summed E-state index contributed by atoms with van der Waals surface area (Å²) in [6.45, 7) is 4.05. The molecule has 0 saturated carbocycles. The number of fused-ring (bicyclic) bond motifs is 1. The number of hydrogen-bond acceptors (Lipinski definition) is 9. The van der Waals surface area contributed by atoms with E-state index in [0.717, 1.165) is 37.3 Å². The van der Waals surface area contributed by atoms with Crippen LogP contribution in [0.25, 0.3) is 22.0 Å². The molecule has 222 valence electrons. The van der Waals surface area contributed by atoms with Gasteiger partial charge < -0.3 is 15.3 Å². The molecule has 1 amide bonds. The van der Waals surface area contributed by atoms with Crippen LogP contribution in [0.2, 0.25) is 0 Å². The van der Waals surface area contributed by atoms with Gasteiger partial charge in [0.2, 0.25) is 5.91 Å². The summed E-state index contributed by atoms with van der Waals surface area (Å²) in [5.74, 6) is -0.911. The summed E-state index contributed by atoms with van der Waals surface area (Å²) in [6, 6.07) is 14.5. The highest BCUT2D eigenvalue weighted by Gasteiger charge is 2.22. The number of carbonyl (C=O) groups is 1. The highest BCUT2D eigenvalue weighted by Crippen LogP contribution is 2.33. The first kappa shape index (κ1) is 29.9. The molecule has 10 nitrogen and oxygen atoms in total. The summed E-state index contributed by atoms with van der Waals surface area (Å²) in [5, 5.41) is 15.3. The third kappa shape index (κ3) is 6.71. The zero-order valence-electron chi connectivity index (χ0n) is 23.4. The normalized spacial score (nSPS) is 14.7. The Bertz CT molecular complexity index is 1690. The first-order chi connectivity index (χ1) is 20.1. The topological polar surface area (TPSA) is 118 Å². The van der Waals surface area contributed by atoms with Crippen LogP contribution in [-0.4, -0.2) is 94.2 Å². The van der Waals surface area contributed by atoms with Crippen LogP contribution in [0.3, 0.4) is 0 Å². The van der Waals surface area contributed by atoms with Crippen LogP contribution >= 0.6 is 11.3 Å². The smallest absolute Gasteiger partial charge is 0.262 e. The van der Waals surface area contributed by atoms with Gasteiger partial charge in [-0.3, -0.25) is 19.3 Å². The molecule has 2 heterocycles. The molecule has 0 radical (unpaired) electrons. The number of rotatable bonds is 10. The zero-order chi connectivity index (χ0) is 29.9. The summed E-state index contributed by atoms with van der Waals surface area (Å²) in [4.78, 5) is 23.2. The fourth-order valence-corrected chi connectivity index (χ4v) is 7.01. The molecule has 1 saturated heterocycles. The second-order valence-electron chi connectivity index (χ2n) is 10.3. The number of thiazole rings is 1. The van der Waals surface area contributed by atoms with Crippen molar-refractivity contribution in [3.8, 4) is 11.3 Å². The predicted octanol–water partition coefficient (Wildman–Crippen LogP) is 3.52. The van der Waals surface area contributed by atoms with Crippen LogP contribution in [0.5, 0.6) is 0 Å². The Morgan fingerprint density at radius 2 is 1.76 bits per heavy atom. The van der Waals surface area contributed by atoms with E-state index in [4.69, 9.17) is 5.11 Å². The molecular weight excluding hydrogens is 579 g/mol. The number of hydrogen-bond donors (Lipinski definition) is 3. The second kappa shape index (κ2) is 12.7. The van der Waals surface area contributed by atoms with E-state index in [1.54, 1.807) is 23.6 Å². The average molecular weight is 613 g/mol. The van der Waals surface area contributed by atoms with E-state index in [2.05, 4.69) is 19.9 Å². The molecule has 1 aliphatic heterocycles. The van der Waals surface area contributed by atoms with Gasteiger partial charge in [0.15, 0.2) is 5.13 Å². The van der Waals surface area contributed by atoms with E-state index >= 15 is 0 Å². The Balaban J connectivity index is 1.30. The maximum absolute atomic E-state index is 14.9. The Morgan fingerprint density at radius 1 is 1.05 bits per heavy atom. The van der Waals surface area contributed by atoms with Crippen molar-refractivity contribution in [1.29, 1.82) is 0 Å². The second-order valence-corrected chi connectivity index (χ2v) is 12.8. The summed E-state index contributed by atoms with van der Waals surface area (Å²) in [7, 11) is -0.375. The molecule has 0 atom stereocenters. The summed E-state index contributed by atoms with van der Waals surface area (Å²) < 4.78 is 44.2. The van der Waals surface area contributed by atoms with Crippen LogP contribution in [0.15, 0.2) is 64.9 Å². The number of aliphatic hydroxyl groups excluding tert-OH is 1. The lowest BCUT2D eigenvalue weighted by Gasteiger charge is -2.33. The molecule has 1 fully saturated rings. The van der Waals surface area contributed by atoms with Crippen molar-refractivity contribution >= 4 is 54.5 Å². The van der Waals surface area contributed by atoms with Crippen molar-refractivity contribution in [3.05, 3.63) is 65.8 Å². The lowest BCUT2D eigenvalue weighted by Crippen LogP contribution is -2.49. The number of β-amino-alcohol motifs (C(OH)–C–C–N with tert-alkyl or cyclic N) is 1. The third-order valence-corrected chi connectivity index (χ3v) is 9.32. The van der Waals surface area contributed by atoms with Gasteiger partial charge in [0.25, 0.3) is 10.0 Å². The van der Waals surface area contributed by atoms with Gasteiger partial charge in [-0.1, -0.05) is 24.3 Å². The number of nitrogens with zero attached hydrogens (tertiary/aromatic N) is 4. The summed E-state index contributed by atoms with van der Waals surface area (Å²) in [5.41, 5.74) is 1.64. The number of halogens is 1. The molecular formula is C29H33FN6O4S2. The van der Waals surface area contributed by atoms with Crippen LogP contribution in [0, 0.1) is 5.82 Å². The number of piperazine rings is 1. The number of sulfonamides is 1. The molecule has 0 aliphatic carbocycles. The number of nitrogens with one attached hydrogen (secondary N) is 2. The standard InChI is InChI=1S/C29H33FN6O4S2/c1-34(2)26-7-3-6-22-21(26)5-4-8-27(22)42(39,40)33-24-17-20(9-10-23(24)30)25-19-41-29(31-25)32-28(38)18-36-13-11-35(12-14-36)15-16-37/h3-10,17,19,33,37H,11-16,18H2,1-2H3,(H,31,32,38). The highest BCUT2D eigenvalue weighted by atomic mass is 32.2. The number of aliphatic hydroxyl groups is 1. The first-order valence-corrected chi connectivity index (χ1v) is 15.8. The number of amides is 1. The van der Waals surface area contributed by atoms with Crippen LogP contribution in [0.4, 0.5) is 20.9 Å². The number of carbonyl (C=O) groups excluding carboxylic acids is 1. The van der Waals surface area contributed by atoms with E-state index in [9.17, 15) is 17.6 Å². The minimum Gasteiger partial charge on any atom is -0.395 e. The molecule has 3 aromatic carbocycles. The highest BCUT2D eigenvalue weighted by molar-refractivity contribution is 7.93. The number of benzene rings is 3. The van der Waals surface area contributed by atoms with Gasteiger partial charge >= 0.3 is 0 Å². The van der Waals surface area contributed by atoms with E-state index in [1.165, 1.54) is 35.6 Å². The molecule has 0 unspecified atom stereocenters. The fraction of sp³-hybridized carbons (Fsp3) is 0.310. The lowest BCUT2D eigenvalue weighted by atomic mass is 10.1. The molecule has 5 rings (SSSR count). The molecule has 0 spiro atoms. The van der Waals surface area contributed by atoms with Gasteiger partial charge in [0, 0.05) is 74.2 Å². The molecule has 3 N–H and O–H groups in total. The average Bonchev–Trinajstić information content (AvgIpc) is 3.42. The van der Waals surface area contributed by atoms with Crippen molar-refractivity contribution in [1.82, 2.24) is 14.8 Å². The van der Waals surface area contributed by atoms with Gasteiger partial charge in [-0.15, -0.1) is 11.3 Å². The van der Waals surface area contributed by atoms with Crippen LogP contribution < -0.4 is 14.9 Å². The SMILES string of the molecule is CN(C)c1cccc2c(S(=O)(=O)Nc3cc(-c4csc(NC(=O)CN5CCN(CCO)CC5)n4)ccc3F)cccc12. The van der Waals surface area contributed by atoms with Crippen LogP contribution in [0.1, 0.15) is 0 Å². The van der Waals surface area contributed by atoms with Gasteiger partial charge in [-0.05, 0) is 30.3 Å². The minimum absolute atomic E-state index is 0.0435. The van der Waals surface area contributed by atoms with Crippen molar-refractivity contribution < 1.29 is 22.7 Å². The van der Waals surface area contributed by atoms with Crippen LogP contribution in [-0.2, 0) is 14.8 Å². The Hall–Kier alpha value is -3.62. The molecule has 0 bridgehead atoms. The van der Waals surface area contributed by atoms with E-state index in [0.29, 0.717) is 28.3 Å². The van der Waals surface area contributed by atoms with Gasteiger partial charge in [0.1, 0.15) is 5.82 Å². The lowest BCUT2D eigenvalue weighted by molar-refractivity contribution is -0.117. The largest absolute Gasteiger partial charge is 0.395 e. The van der Waals surface area contributed by atoms with Crippen molar-refractivity contribution in [2.24, 2.45) is 0 Å². The predicted molar refractivity (Wildman–Crippen MR) is 165 cm³/mol. The van der Waals surface area contributed by atoms with Gasteiger partial charge in [-0.2, -0.15) is 0 Å². The van der Waals surface area contributed by atoms with Crippen molar-refractivity contribution in [2.45, 2.75) is 4.90 Å². The van der Waals surface area contributed by atoms with E-state index in [1.807, 2.05) is 36.0 Å². The van der Waals surface area contributed by atoms with Crippen molar-refractivity contribution in [3.63, 3.8) is 0 Å².